The van der Waals surface area contributed by atoms with Gasteiger partial charge in [-0.15, -0.1) is 0 Å². The van der Waals surface area contributed by atoms with E-state index in [-0.39, 0.29) is 10.9 Å². The molecule has 1 heterocycles. The van der Waals surface area contributed by atoms with Crippen LogP contribution in [0.25, 0.3) is 16.3 Å². The predicted molar refractivity (Wildman–Crippen MR) is 127 cm³/mol. The molecule has 5 radical (unpaired) electrons. The molecule has 0 bridgehead atoms. The molecule has 0 atom stereocenters. The van der Waals surface area contributed by atoms with Crippen molar-refractivity contribution in [2.75, 3.05) is 13.7 Å². The summed E-state index contributed by atoms with van der Waals surface area (Å²) in [7, 11) is -0.199. The zero-order valence-corrected chi connectivity index (χ0v) is 20.1. The van der Waals surface area contributed by atoms with Gasteiger partial charge in [-0.1, -0.05) is 43.9 Å². The van der Waals surface area contributed by atoms with Crippen LogP contribution >= 0.6 is 0 Å². The van der Waals surface area contributed by atoms with Crippen molar-refractivity contribution in [1.29, 1.82) is 0 Å². The monoisotopic (exact) mass is 423 g/mol. The topological polar surface area (TPSA) is 44.6 Å². The van der Waals surface area contributed by atoms with Crippen LogP contribution in [-0.2, 0) is 4.43 Å². The van der Waals surface area contributed by atoms with Crippen LogP contribution in [0.5, 0.6) is 5.75 Å². The maximum atomic E-state index is 11.0. The molecule has 1 N–H and O–H groups in total. The molecule has 1 aliphatic heterocycles. The molecule has 0 unspecified atom stereocenters. The number of benzene rings is 2. The van der Waals surface area contributed by atoms with Crippen LogP contribution in [0.4, 0.5) is 0 Å². The zero-order valence-electron chi connectivity index (χ0n) is 19.1. The van der Waals surface area contributed by atoms with Crippen molar-refractivity contribution in [2.24, 2.45) is 0 Å². The number of fused-ring (bicyclic) bond motifs is 1. The maximum Gasteiger partial charge on any atom is 0.343 e. The van der Waals surface area contributed by atoms with Gasteiger partial charge in [0.15, 0.2) is 8.32 Å². The highest BCUT2D eigenvalue weighted by Crippen LogP contribution is 2.38. The van der Waals surface area contributed by atoms with Crippen molar-refractivity contribution in [3.8, 4) is 5.75 Å². The summed E-state index contributed by atoms with van der Waals surface area (Å²) in [6.45, 7) is 15.5. The van der Waals surface area contributed by atoms with E-state index < -0.39 is 8.32 Å². The minimum atomic E-state index is -1.87. The van der Waals surface area contributed by atoms with E-state index in [2.05, 4.69) is 46.0 Å². The molecule has 0 aromatic heterocycles. The number of likely N-dealkylation sites (tertiary alicyclic amines) is 1. The van der Waals surface area contributed by atoms with E-state index in [9.17, 15) is 5.11 Å². The number of ether oxygens (including phenoxy) is 1. The van der Waals surface area contributed by atoms with Gasteiger partial charge in [0.2, 0.25) is 12.6 Å². The van der Waals surface area contributed by atoms with Gasteiger partial charge in [0.05, 0.1) is 12.7 Å². The molecule has 1 fully saturated rings. The Morgan fingerprint density at radius 3 is 2.40 bits per heavy atom. The highest BCUT2D eigenvalue weighted by atomic mass is 28.4. The van der Waals surface area contributed by atoms with Crippen LogP contribution in [0, 0.1) is 25.4 Å². The fraction of sp³-hybridized carbons (Fsp3) is 0.360. The van der Waals surface area contributed by atoms with E-state index >= 15 is 0 Å². The highest BCUT2D eigenvalue weighted by molar-refractivity contribution is 6.74. The molecule has 0 aliphatic carbocycles. The maximum absolute atomic E-state index is 11.0. The number of aliphatic hydroxyl groups excluding tert-OH is 1. The van der Waals surface area contributed by atoms with Crippen LogP contribution in [0.2, 0.25) is 18.1 Å². The van der Waals surface area contributed by atoms with Gasteiger partial charge in [-0.25, -0.2) is 0 Å². The van der Waals surface area contributed by atoms with Crippen LogP contribution < -0.4 is 9.64 Å². The van der Waals surface area contributed by atoms with Crippen molar-refractivity contribution in [3.05, 3.63) is 73.3 Å². The Morgan fingerprint density at radius 1 is 1.07 bits per heavy atom. The first-order valence-corrected chi connectivity index (χ1v) is 13.2. The summed E-state index contributed by atoms with van der Waals surface area (Å²) in [5, 5.41) is 13.4. The summed E-state index contributed by atoms with van der Waals surface area (Å²) < 4.78 is 11.7. The number of methoxy groups -OCH3 is 1. The molecule has 1 saturated heterocycles. The molecule has 5 heteroatoms. The Bertz CT molecular complexity index is 930. The first-order valence-electron chi connectivity index (χ1n) is 10.3. The predicted octanol–water partition coefficient (Wildman–Crippen LogP) is 6.37. The lowest BCUT2D eigenvalue weighted by Gasteiger charge is -2.36. The lowest BCUT2D eigenvalue weighted by Crippen LogP contribution is -2.43. The van der Waals surface area contributed by atoms with Gasteiger partial charge in [-0.3, -0.25) is 0 Å². The van der Waals surface area contributed by atoms with E-state index in [0.29, 0.717) is 6.61 Å². The van der Waals surface area contributed by atoms with E-state index in [1.165, 1.54) is 0 Å². The van der Waals surface area contributed by atoms with Gasteiger partial charge >= 0.3 is 5.88 Å². The summed E-state index contributed by atoms with van der Waals surface area (Å²) in [4.78, 5) is 1.82. The van der Waals surface area contributed by atoms with E-state index in [4.69, 9.17) is 9.16 Å². The van der Waals surface area contributed by atoms with Crippen LogP contribution in [0.3, 0.4) is 0 Å². The third-order valence-electron chi connectivity index (χ3n) is 6.26. The van der Waals surface area contributed by atoms with Gasteiger partial charge in [0.1, 0.15) is 12.4 Å². The number of allylic oxidation sites excluding steroid dienone is 1. The number of rotatable bonds is 6. The Hall–Kier alpha value is -1.82. The van der Waals surface area contributed by atoms with Crippen molar-refractivity contribution < 1.29 is 14.3 Å². The van der Waals surface area contributed by atoms with Crippen molar-refractivity contribution >= 4 is 24.7 Å². The largest absolute Gasteiger partial charge is 0.497 e. The van der Waals surface area contributed by atoms with Crippen molar-refractivity contribution in [2.45, 2.75) is 45.8 Å². The molecule has 4 nitrogen and oxygen atoms in total. The lowest BCUT2D eigenvalue weighted by molar-refractivity contribution is 0.257. The van der Waals surface area contributed by atoms with E-state index in [1.807, 2.05) is 55.5 Å². The van der Waals surface area contributed by atoms with Crippen molar-refractivity contribution in [1.82, 2.24) is 4.90 Å². The zero-order chi connectivity index (χ0) is 22.1. The Kier molecular flexibility index (Phi) is 6.65. The number of aliphatic hydroxyl groups is 1. The van der Waals surface area contributed by atoms with Gasteiger partial charge < -0.3 is 14.3 Å². The second-order valence-electron chi connectivity index (χ2n) is 9.29. The Morgan fingerprint density at radius 2 is 1.73 bits per heavy atom. The highest BCUT2D eigenvalue weighted by Gasteiger charge is 2.45. The molecule has 2 aromatic carbocycles. The molecule has 3 rings (SSSR count). The number of hydrogen-bond acceptors (Lipinski definition) is 4. The molecule has 0 spiro atoms. The Balaban J connectivity index is 1.80. The standard InChI is InChI=1S/C25H33NO3Si/c1-18(19-10-11-21-16-23(28-5)13-12-20(21)15-19)24(27)26-14-8-9-22(26)17-29-30(6,7)25(2,3)4/h8-16,27H,17H2,1-7H3/q+1/b24-18-. The fourth-order valence-corrected chi connectivity index (χ4v) is 4.05. The quantitative estimate of drug-likeness (QED) is 0.333. The summed E-state index contributed by atoms with van der Waals surface area (Å²) in [5.74, 6) is 1.06. The first-order chi connectivity index (χ1) is 14.0. The second kappa shape index (κ2) is 8.73. The molecule has 1 aliphatic rings. The molecule has 159 valence electrons. The summed E-state index contributed by atoms with van der Waals surface area (Å²) in [6, 6.07) is 13.1. The van der Waals surface area contributed by atoms with E-state index in [1.54, 1.807) is 7.11 Å². The first kappa shape index (κ1) is 22.9. The van der Waals surface area contributed by atoms with Crippen LogP contribution in [0.15, 0.2) is 42.3 Å². The van der Waals surface area contributed by atoms with Crippen LogP contribution in [0.1, 0.15) is 33.3 Å². The SMILES string of the molecule is COc1ccc2cc(/C(C)=C(\O)[N+]3[CH][CH][CH][C]3CO[Si](C)(C)C(C)(C)C)ccc2c1. The third kappa shape index (κ3) is 4.74. The molecule has 2 aromatic rings. The summed E-state index contributed by atoms with van der Waals surface area (Å²) in [5.41, 5.74) is 1.80. The van der Waals surface area contributed by atoms with Gasteiger partial charge in [-0.2, -0.15) is 0 Å². The second-order valence-corrected chi connectivity index (χ2v) is 14.1. The average Bonchev–Trinajstić information content (AvgIpc) is 3.18. The average molecular weight is 424 g/mol. The summed E-state index contributed by atoms with van der Waals surface area (Å²) >= 11 is 0. The van der Waals surface area contributed by atoms with E-state index in [0.717, 1.165) is 33.7 Å². The van der Waals surface area contributed by atoms with Crippen molar-refractivity contribution in [3.63, 3.8) is 0 Å². The molecule has 30 heavy (non-hydrogen) atoms. The number of nitrogens with zero attached hydrogens (tertiary/aromatic N) is 1. The van der Waals surface area contributed by atoms with Crippen LogP contribution in [-0.4, -0.2) is 27.1 Å². The normalized spacial score (nSPS) is 17.4. The van der Waals surface area contributed by atoms with Gasteiger partial charge in [-0.05, 0) is 59.6 Å². The van der Waals surface area contributed by atoms with Gasteiger partial charge in [0.25, 0.3) is 0 Å². The van der Waals surface area contributed by atoms with Gasteiger partial charge in [0, 0.05) is 12.8 Å². The molecule has 0 saturated carbocycles. The summed E-state index contributed by atoms with van der Waals surface area (Å²) in [6.07, 6.45) is 3.95. The Labute approximate surface area is 182 Å². The molecule has 0 amide bonds. The molecular formula is C25H33NO3Si+. The third-order valence-corrected chi connectivity index (χ3v) is 10.7. The lowest BCUT2D eigenvalue weighted by atomic mass is 10.0. The minimum absolute atomic E-state index is 0.145. The molecular weight excluding hydrogens is 390 g/mol. The minimum Gasteiger partial charge on any atom is -0.497 e. The fourth-order valence-electron chi connectivity index (χ4n) is 3.11. The smallest absolute Gasteiger partial charge is 0.343 e. The number of hydrogen-bond donors (Lipinski definition) is 1.